The van der Waals surface area contributed by atoms with Gasteiger partial charge in [-0.1, -0.05) is 30.0 Å². The first-order valence-corrected chi connectivity index (χ1v) is 46.5. The number of rotatable bonds is 32. The summed E-state index contributed by atoms with van der Waals surface area (Å²) in [6, 6.07) is 23.7. The van der Waals surface area contributed by atoms with Gasteiger partial charge in [0.05, 0.1) is 37.0 Å². The molecule has 0 unspecified atom stereocenters. The number of methoxy groups -OCH3 is 3. The van der Waals surface area contributed by atoms with Crippen molar-refractivity contribution in [3.05, 3.63) is 110 Å². The van der Waals surface area contributed by atoms with Crippen LogP contribution < -0.4 is 111 Å². The molecule has 7 amide bonds. The molecule has 8 heterocycles. The number of carbonyl (C=O) groups excluding carboxylic acids is 5. The lowest BCUT2D eigenvalue weighted by molar-refractivity contribution is -0.131. The van der Waals surface area contributed by atoms with Crippen molar-refractivity contribution in [2.24, 2.45) is 17.2 Å². The topological polar surface area (TPSA) is 528 Å². The molecule has 9 rings (SSSR count). The van der Waals surface area contributed by atoms with E-state index in [1.54, 1.807) is 141 Å². The lowest BCUT2D eigenvalue weighted by atomic mass is 10.1. The van der Waals surface area contributed by atoms with E-state index in [1.807, 2.05) is 149 Å². The van der Waals surface area contributed by atoms with Crippen molar-refractivity contribution in [3.63, 3.8) is 0 Å². The van der Waals surface area contributed by atoms with Crippen LogP contribution in [0.25, 0.3) is 0 Å². The summed E-state index contributed by atoms with van der Waals surface area (Å²) in [5.74, 6) is 2.27. The molecule has 4 aliphatic rings. The number of piperidine rings is 4. The second-order valence-electron chi connectivity index (χ2n) is 28.5. The van der Waals surface area contributed by atoms with Crippen LogP contribution in [0.1, 0.15) is 65.2 Å². The molecular formula is C87H173N29O12S2. The van der Waals surface area contributed by atoms with Crippen molar-refractivity contribution in [3.8, 4) is 11.8 Å². The van der Waals surface area contributed by atoms with Gasteiger partial charge in [-0.3, -0.25) is 19.4 Å². The van der Waals surface area contributed by atoms with Crippen molar-refractivity contribution in [1.29, 1.82) is 0 Å². The average molecular weight is 1880 g/mol. The number of likely N-dealkylation sites (tertiary alicyclic amines) is 3. The molecular weight excluding hydrogens is 1710 g/mol. The first kappa shape index (κ1) is 130. The molecule has 4 fully saturated rings. The van der Waals surface area contributed by atoms with E-state index < -0.39 is 22.7 Å². The van der Waals surface area contributed by atoms with Crippen molar-refractivity contribution < 1.29 is 56.4 Å². The van der Waals surface area contributed by atoms with E-state index in [9.17, 15) is 32.4 Å². The number of aromatic nitrogens is 5. The number of nitrogens with zero attached hydrogens (tertiary/aromatic N) is 10. The zero-order valence-electron chi connectivity index (χ0n) is 82.6. The number of aliphatic hydroxyl groups is 1. The van der Waals surface area contributed by atoms with Crippen molar-refractivity contribution >= 4 is 68.6 Å². The van der Waals surface area contributed by atoms with Gasteiger partial charge < -0.3 is 146 Å². The van der Waals surface area contributed by atoms with Crippen LogP contribution in [0, 0.1) is 0 Å². The number of ether oxygens (including phenoxy) is 4. The van der Waals surface area contributed by atoms with Gasteiger partial charge in [0.15, 0.2) is 5.16 Å². The molecule has 750 valence electrons. The normalized spacial score (nSPS) is 13.1. The summed E-state index contributed by atoms with van der Waals surface area (Å²) in [6.07, 6.45) is 19.5. The second-order valence-corrected chi connectivity index (χ2v) is 31.3. The summed E-state index contributed by atoms with van der Waals surface area (Å²) in [5.41, 5.74) is 18.0. The fourth-order valence-corrected chi connectivity index (χ4v) is 12.1. The summed E-state index contributed by atoms with van der Waals surface area (Å²) in [4.78, 5) is 83.1. The van der Waals surface area contributed by atoms with Crippen LogP contribution in [0.2, 0.25) is 0 Å². The molecule has 1 aromatic carbocycles. The Morgan fingerprint density at radius 3 is 1.41 bits per heavy atom. The molecule has 0 spiro atoms. The molecule has 0 radical (unpaired) electrons. The highest BCUT2D eigenvalue weighted by Gasteiger charge is 2.24. The number of pyridine rings is 3. The smallest absolute Gasteiger partial charge is 0.319 e. The van der Waals surface area contributed by atoms with Crippen LogP contribution in [0.4, 0.5) is 26.7 Å². The molecule has 0 bridgehead atoms. The van der Waals surface area contributed by atoms with Gasteiger partial charge >= 0.3 is 12.1 Å². The maximum absolute atomic E-state index is 11.6. The molecule has 4 aliphatic heterocycles. The Morgan fingerprint density at radius 1 is 0.546 bits per heavy atom. The molecule has 43 heteroatoms. The van der Waals surface area contributed by atoms with Gasteiger partial charge in [-0.05, 0) is 191 Å². The molecule has 0 saturated carbocycles. The van der Waals surface area contributed by atoms with E-state index in [4.69, 9.17) is 30.8 Å². The van der Waals surface area contributed by atoms with Gasteiger partial charge in [0.1, 0.15) is 13.2 Å². The second kappa shape index (κ2) is 93.5. The predicted molar refractivity (Wildman–Crippen MR) is 533 cm³/mol. The van der Waals surface area contributed by atoms with Crippen LogP contribution in [0.5, 0.6) is 11.8 Å². The van der Waals surface area contributed by atoms with E-state index >= 15 is 0 Å². The monoisotopic (exact) mass is 1880 g/mol. The minimum atomic E-state index is -3.32. The molecule has 41 nitrogen and oxygen atoms in total. The number of urea groups is 2. The van der Waals surface area contributed by atoms with Crippen molar-refractivity contribution in [1.82, 2.24) is 118 Å². The maximum Gasteiger partial charge on any atom is 0.319 e. The Labute approximate surface area is 784 Å². The summed E-state index contributed by atoms with van der Waals surface area (Å²) in [6.45, 7) is 20.0. The molecule has 5 aromatic rings. The van der Waals surface area contributed by atoms with Crippen LogP contribution in [-0.4, -0.2) is 408 Å². The van der Waals surface area contributed by atoms with Gasteiger partial charge in [-0.2, -0.15) is 0 Å². The number of hydrogen-bond acceptors (Lipinski definition) is 34. The highest BCUT2D eigenvalue weighted by Crippen LogP contribution is 2.16. The van der Waals surface area contributed by atoms with E-state index in [2.05, 4.69) is 125 Å². The van der Waals surface area contributed by atoms with Gasteiger partial charge in [-0.15, -0.1) is 0 Å². The number of nitrogens with two attached hydrogens (primary N) is 3. The standard InChI is InChI=1S/C10H17N3O.C9H19N3O.C9H14N2O2S.C8H17N3O.C8H16N2O.C7H11N3S.C7H10N2O.C6H14N2.C6H8N2.C5H12N2O2.C4H11NO.C3H10N2.C3H8O.C2H6N2O/c1-11-9-4-5-12-10(8-9)14-7-6-13(2)3;1-10-8-4-6-12(7-5-8)9(13)11(2)3;1-10-7-8-11-14(12,13)9-5-3-2-4-6-9;1-10-7-2-4-11(5-3-7)8(12)6-9;1-7(11)10-5-3-8(9-2)4-6-10;1-8-5-6-11-7-9-3-2-4-10-7;1-8-6-3-4-7(10-2)9-5-6;2*1-7-6-2-4-8-5-3-6;1-6-2-3-7-5(9)4-8;1-5-3-4-6-2;1-5-3-2-4;1-3-4-2;1-4-2(3)5/h4-5,8H,6-7H2,1-3H3,(H,11,12);8,10H,4-7H2,1-3H3;2-6,10-11H,7-8H2,1H3;7,10H,2-6,9H2,1H3;8-9H,3-6H2,1-2H3;2-4,8H,5-6H2,1H3;3-5,8H,1-2H3;6-8H,2-5H2,1H3;2-5H,1H3,(H,7,8);6,8H,2-4H2,1H3,(H,7,9);5H,3-4H2,1-2H3;5H,2-4H2,1H3;3H2,1-2H3;1H3,(H3,3,4,5). The van der Waals surface area contributed by atoms with Gasteiger partial charge in [-0.25, -0.2) is 42.7 Å². The number of carbonyl (C=O) groups is 5. The number of aliphatic hydroxyl groups excluding tert-OH is 1. The molecule has 4 saturated heterocycles. The number of sulfonamides is 1. The number of hydrogen-bond donors (Lipinski definition) is 20. The third-order valence-corrected chi connectivity index (χ3v) is 20.6. The summed E-state index contributed by atoms with van der Waals surface area (Å²) >= 11 is 1.66. The SMILES string of the molecule is CCOC.CNC(N)=O.CNC1CCN(C(=O)CN)CC1.CNC1CCN(C(=O)N(C)C)CC1.CNC1CCN(C(C)=O)CC1.CNC1CCNCC1.CNCCN.CNCCNC(=O)CO.CNCCNS(=O)(=O)c1ccccc1.CNCCOC.CNCCSc1ncccn1.CNc1ccc(OC)nc1.CNc1ccnc(OCCN(C)C)c1.CNc1ccncc1. The molecule has 23 N–H and O–H groups in total. The Hall–Kier alpha value is -8.68. The Kier molecular flexibility index (Phi) is 93.4. The molecule has 0 aliphatic carbocycles. The van der Waals surface area contributed by atoms with Crippen molar-refractivity contribution in [2.45, 2.75) is 99.4 Å². The van der Waals surface area contributed by atoms with Crippen molar-refractivity contribution in [2.75, 3.05) is 307 Å². The fraction of sp³-hybridized carbons (Fsp3) is 0.655. The largest absolute Gasteiger partial charge is 0.481 e. The van der Waals surface area contributed by atoms with Crippen LogP contribution in [-0.2, 0) is 33.9 Å². The Bertz CT molecular complexity index is 3410. The zero-order chi connectivity index (χ0) is 98.7. The first-order chi connectivity index (χ1) is 62.5. The number of primary amides is 1. The fourth-order valence-electron chi connectivity index (χ4n) is 10.3. The number of amides is 7. The van der Waals surface area contributed by atoms with Gasteiger partial charge in [0.2, 0.25) is 39.5 Å². The summed E-state index contributed by atoms with van der Waals surface area (Å²) < 4.78 is 45.2. The third-order valence-electron chi connectivity index (χ3n) is 18.3. The highest BCUT2D eigenvalue weighted by atomic mass is 32.2. The Balaban J connectivity index is -0.000000437. The van der Waals surface area contributed by atoms with Crippen LogP contribution >= 0.6 is 11.8 Å². The molecule has 0 atom stereocenters. The number of anilines is 3. The summed E-state index contributed by atoms with van der Waals surface area (Å²) in [7, 11) is 33.6. The lowest BCUT2D eigenvalue weighted by Gasteiger charge is -2.33. The minimum absolute atomic E-state index is 0.0737. The molecule has 4 aromatic heterocycles. The van der Waals surface area contributed by atoms with Crippen LogP contribution in [0.3, 0.4) is 0 Å². The van der Waals surface area contributed by atoms with E-state index in [1.165, 1.54) is 33.0 Å². The lowest BCUT2D eigenvalue weighted by Crippen LogP contribution is -2.47. The number of thioether (sulfide) groups is 1. The number of likely N-dealkylation sites (N-methyl/N-ethyl adjacent to an activating group) is 5. The van der Waals surface area contributed by atoms with Gasteiger partial charge in [0, 0.05) is 253 Å². The predicted octanol–water partition coefficient (Wildman–Crippen LogP) is 1.24. The Morgan fingerprint density at radius 2 is 1.03 bits per heavy atom. The van der Waals surface area contributed by atoms with Gasteiger partial charge in [0.25, 0.3) is 0 Å². The summed E-state index contributed by atoms with van der Waals surface area (Å²) in [5, 5.41) is 53.5. The van der Waals surface area contributed by atoms with Crippen LogP contribution in [0.15, 0.2) is 120 Å². The maximum atomic E-state index is 11.6. The quantitative estimate of drug-likeness (QED) is 0.0164. The minimum Gasteiger partial charge on any atom is -0.481 e. The highest BCUT2D eigenvalue weighted by molar-refractivity contribution is 7.99. The van der Waals surface area contributed by atoms with E-state index in [0.717, 1.165) is 164 Å². The first-order valence-electron chi connectivity index (χ1n) is 44.0. The van der Waals surface area contributed by atoms with E-state index in [0.29, 0.717) is 61.0 Å². The third kappa shape index (κ3) is 79.1. The average Bonchev–Trinajstić information content (AvgIpc) is 0.825. The molecule has 130 heavy (non-hydrogen) atoms. The number of benzene rings is 1. The van der Waals surface area contributed by atoms with E-state index in [-0.39, 0.29) is 30.3 Å². The number of nitrogens with one attached hydrogen (secondary N) is 16. The zero-order valence-corrected chi connectivity index (χ0v) is 84.2.